The summed E-state index contributed by atoms with van der Waals surface area (Å²) in [5, 5.41) is 18.9. The highest BCUT2D eigenvalue weighted by Crippen LogP contribution is 2.38. The normalized spacial score (nSPS) is 50.1. The molecule has 0 aromatic carbocycles. The van der Waals surface area contributed by atoms with E-state index in [0.29, 0.717) is 12.8 Å². The second-order valence-corrected chi connectivity index (χ2v) is 4.66. The second-order valence-electron chi connectivity index (χ2n) is 3.60. The van der Waals surface area contributed by atoms with Crippen molar-refractivity contribution in [3.8, 4) is 0 Å². The maximum atomic E-state index is 11.0. The zero-order valence-electron chi connectivity index (χ0n) is 6.89. The summed E-state index contributed by atoms with van der Waals surface area (Å²) in [6.45, 7) is 0. The Labute approximate surface area is 84.0 Å². The molecule has 1 aliphatic carbocycles. The van der Waals surface area contributed by atoms with Gasteiger partial charge in [-0.2, -0.15) is 0 Å². The smallest absolute Gasteiger partial charge is 0.335 e. The van der Waals surface area contributed by atoms with Gasteiger partial charge in [-0.1, -0.05) is 15.9 Å². The van der Waals surface area contributed by atoms with Crippen molar-refractivity contribution in [2.24, 2.45) is 5.92 Å². The highest BCUT2D eigenvalue weighted by molar-refractivity contribution is 9.09. The number of halogens is 1. The number of carbonyl (C=O) groups excluding carboxylic acids is 1. The Morgan fingerprint density at radius 3 is 2.77 bits per heavy atom. The first kappa shape index (κ1) is 9.43. The number of aliphatic hydroxyl groups excluding tert-OH is 2. The van der Waals surface area contributed by atoms with Gasteiger partial charge in [-0.25, -0.2) is 4.79 Å². The molecular weight excluding hydrogens is 240 g/mol. The number of fused-ring (bicyclic) bond motifs is 1. The lowest BCUT2D eigenvalue weighted by Crippen LogP contribution is -2.43. The lowest BCUT2D eigenvalue weighted by atomic mass is 9.83. The lowest BCUT2D eigenvalue weighted by molar-refractivity contribution is -0.147. The summed E-state index contributed by atoms with van der Waals surface area (Å²) >= 11 is 3.28. The summed E-state index contributed by atoms with van der Waals surface area (Å²) in [6, 6.07) is 0. The van der Waals surface area contributed by atoms with Crippen LogP contribution in [0.1, 0.15) is 12.8 Å². The van der Waals surface area contributed by atoms with E-state index in [4.69, 9.17) is 4.74 Å². The largest absolute Gasteiger partial charge is 0.459 e. The molecule has 0 unspecified atom stereocenters. The molecule has 0 aromatic heterocycles. The van der Waals surface area contributed by atoms with Crippen molar-refractivity contribution >= 4 is 21.9 Å². The van der Waals surface area contributed by atoms with E-state index in [-0.39, 0.29) is 16.8 Å². The van der Waals surface area contributed by atoms with Crippen LogP contribution in [0, 0.1) is 5.92 Å². The van der Waals surface area contributed by atoms with E-state index in [1.54, 1.807) is 0 Å². The minimum absolute atomic E-state index is 0.153. The fourth-order valence-electron chi connectivity index (χ4n) is 2.01. The van der Waals surface area contributed by atoms with Gasteiger partial charge in [-0.05, 0) is 12.8 Å². The molecule has 2 rings (SSSR count). The highest BCUT2D eigenvalue weighted by Gasteiger charge is 2.50. The van der Waals surface area contributed by atoms with E-state index >= 15 is 0 Å². The molecule has 0 spiro atoms. The van der Waals surface area contributed by atoms with Crippen LogP contribution < -0.4 is 0 Å². The monoisotopic (exact) mass is 250 g/mol. The average Bonchev–Trinajstić information content (AvgIpc) is 2.38. The molecule has 2 aliphatic rings. The topological polar surface area (TPSA) is 66.8 Å². The number of rotatable bonds is 0. The molecule has 4 nitrogen and oxygen atoms in total. The van der Waals surface area contributed by atoms with E-state index in [1.165, 1.54) is 0 Å². The average molecular weight is 251 g/mol. The van der Waals surface area contributed by atoms with Crippen LogP contribution in [0.3, 0.4) is 0 Å². The predicted octanol–water partition coefficient (Wildman–Crippen LogP) is -0.193. The van der Waals surface area contributed by atoms with E-state index in [1.807, 2.05) is 0 Å². The maximum absolute atomic E-state index is 11.0. The Hall–Kier alpha value is -0.130. The van der Waals surface area contributed by atoms with Crippen LogP contribution in [-0.2, 0) is 9.53 Å². The Balaban J connectivity index is 2.17. The third-order valence-electron chi connectivity index (χ3n) is 2.80. The zero-order valence-corrected chi connectivity index (χ0v) is 8.48. The molecule has 0 amide bonds. The summed E-state index contributed by atoms with van der Waals surface area (Å²) in [5.74, 6) is -0.714. The molecule has 0 aromatic rings. The van der Waals surface area contributed by atoms with Crippen molar-refractivity contribution < 1.29 is 19.7 Å². The Kier molecular flexibility index (Phi) is 2.33. The molecule has 5 heteroatoms. The van der Waals surface area contributed by atoms with Gasteiger partial charge in [-0.3, -0.25) is 0 Å². The standard InChI is InChI=1S/C8H11BrO4/c9-5-4(10)2-1-3-6(11)8(12)13-7(3)5/h3-7,10-11H,1-2H2/t3-,4-,5+,6+,7+/m0/s1. The first-order valence-corrected chi connectivity index (χ1v) is 5.23. The Morgan fingerprint density at radius 2 is 2.08 bits per heavy atom. The molecule has 2 fully saturated rings. The molecule has 1 saturated carbocycles. The number of hydrogen-bond acceptors (Lipinski definition) is 4. The zero-order chi connectivity index (χ0) is 9.59. The van der Waals surface area contributed by atoms with Crippen molar-refractivity contribution in [2.75, 3.05) is 0 Å². The van der Waals surface area contributed by atoms with Gasteiger partial charge in [0, 0.05) is 5.92 Å². The van der Waals surface area contributed by atoms with Gasteiger partial charge in [0.05, 0.1) is 10.9 Å². The van der Waals surface area contributed by atoms with E-state index in [0.717, 1.165) is 0 Å². The highest BCUT2D eigenvalue weighted by atomic mass is 79.9. The third-order valence-corrected chi connectivity index (χ3v) is 3.93. The molecule has 74 valence electrons. The van der Waals surface area contributed by atoms with Crippen LogP contribution in [0.5, 0.6) is 0 Å². The first-order chi connectivity index (χ1) is 6.11. The number of aliphatic hydroxyl groups is 2. The van der Waals surface area contributed by atoms with Gasteiger partial charge in [0.15, 0.2) is 6.10 Å². The number of alkyl halides is 1. The number of esters is 1. The van der Waals surface area contributed by atoms with Crippen LogP contribution >= 0.6 is 15.9 Å². The Morgan fingerprint density at radius 1 is 1.38 bits per heavy atom. The molecule has 13 heavy (non-hydrogen) atoms. The molecule has 5 atom stereocenters. The van der Waals surface area contributed by atoms with Crippen LogP contribution in [0.15, 0.2) is 0 Å². The van der Waals surface area contributed by atoms with Crippen molar-refractivity contribution in [3.05, 3.63) is 0 Å². The summed E-state index contributed by atoms with van der Waals surface area (Å²) in [6.07, 6.45) is -0.617. The van der Waals surface area contributed by atoms with Crippen LogP contribution in [0.2, 0.25) is 0 Å². The number of carbonyl (C=O) groups is 1. The summed E-state index contributed by atoms with van der Waals surface area (Å²) in [7, 11) is 0. The van der Waals surface area contributed by atoms with Crippen molar-refractivity contribution in [1.29, 1.82) is 0 Å². The van der Waals surface area contributed by atoms with E-state index < -0.39 is 18.2 Å². The van der Waals surface area contributed by atoms with Gasteiger partial charge >= 0.3 is 5.97 Å². The van der Waals surface area contributed by atoms with Crippen molar-refractivity contribution in [3.63, 3.8) is 0 Å². The van der Waals surface area contributed by atoms with Gasteiger partial charge in [0.25, 0.3) is 0 Å². The van der Waals surface area contributed by atoms with Gasteiger partial charge in [0.1, 0.15) is 6.10 Å². The van der Waals surface area contributed by atoms with Gasteiger partial charge < -0.3 is 14.9 Å². The fourth-order valence-corrected chi connectivity index (χ4v) is 2.77. The minimum Gasteiger partial charge on any atom is -0.459 e. The maximum Gasteiger partial charge on any atom is 0.335 e. The van der Waals surface area contributed by atoms with Crippen LogP contribution in [0.25, 0.3) is 0 Å². The van der Waals surface area contributed by atoms with Crippen molar-refractivity contribution in [1.82, 2.24) is 0 Å². The summed E-state index contributed by atoms with van der Waals surface area (Å²) in [5.41, 5.74) is 0. The number of ether oxygens (including phenoxy) is 1. The predicted molar refractivity (Wildman–Crippen MR) is 47.3 cm³/mol. The molecule has 0 bridgehead atoms. The number of hydrogen-bond donors (Lipinski definition) is 2. The lowest BCUT2D eigenvalue weighted by Gasteiger charge is -2.32. The first-order valence-electron chi connectivity index (χ1n) is 4.32. The molecule has 0 radical (unpaired) electrons. The second kappa shape index (κ2) is 3.22. The molecule has 1 heterocycles. The fraction of sp³-hybridized carbons (Fsp3) is 0.875. The van der Waals surface area contributed by atoms with Crippen LogP contribution in [0.4, 0.5) is 0 Å². The molecule has 2 N–H and O–H groups in total. The van der Waals surface area contributed by atoms with E-state index in [2.05, 4.69) is 15.9 Å². The summed E-state index contributed by atoms with van der Waals surface area (Å²) < 4.78 is 4.96. The summed E-state index contributed by atoms with van der Waals surface area (Å²) in [4.78, 5) is 10.8. The minimum atomic E-state index is -1.00. The van der Waals surface area contributed by atoms with Crippen molar-refractivity contribution in [2.45, 2.75) is 36.0 Å². The quantitative estimate of drug-likeness (QED) is 0.462. The molecule has 1 saturated heterocycles. The Bertz CT molecular complexity index is 232. The van der Waals surface area contributed by atoms with Gasteiger partial charge in [0.2, 0.25) is 0 Å². The van der Waals surface area contributed by atoms with Gasteiger partial charge in [-0.15, -0.1) is 0 Å². The van der Waals surface area contributed by atoms with Crippen LogP contribution in [-0.4, -0.2) is 39.3 Å². The SMILES string of the molecule is O=C1O[C@H]2[C@H](Br)[C@@H](O)CC[C@H]2[C@H]1O. The van der Waals surface area contributed by atoms with E-state index in [9.17, 15) is 15.0 Å². The molecular formula is C8H11BrO4. The third kappa shape index (κ3) is 1.39. The molecule has 1 aliphatic heterocycles.